The van der Waals surface area contributed by atoms with E-state index < -0.39 is 23.1 Å². The average molecular weight is 368 g/mol. The number of hydrogen-bond acceptors (Lipinski definition) is 5. The van der Waals surface area contributed by atoms with Crippen molar-refractivity contribution in [2.45, 2.75) is 18.1 Å². The highest BCUT2D eigenvalue weighted by Crippen LogP contribution is 2.53. The van der Waals surface area contributed by atoms with Gasteiger partial charge in [-0.1, -0.05) is 5.92 Å². The topological polar surface area (TPSA) is 89.6 Å². The monoisotopic (exact) mass is 368 g/mol. The van der Waals surface area contributed by atoms with Gasteiger partial charge in [-0.15, -0.1) is 6.42 Å². The molecule has 1 aliphatic heterocycles. The molecule has 4 rings (SSSR count). The van der Waals surface area contributed by atoms with Gasteiger partial charge in [-0.2, -0.15) is 0 Å². The number of amidine groups is 1. The van der Waals surface area contributed by atoms with Crippen LogP contribution in [0, 0.1) is 29.9 Å². The van der Waals surface area contributed by atoms with Crippen LogP contribution in [-0.2, 0) is 10.3 Å². The summed E-state index contributed by atoms with van der Waals surface area (Å²) in [6, 6.07) is 6.29. The third-order valence-corrected chi connectivity index (χ3v) is 4.64. The van der Waals surface area contributed by atoms with Crippen LogP contribution < -0.4 is 11.1 Å². The number of fused-ring (bicyclic) bond motifs is 1. The summed E-state index contributed by atoms with van der Waals surface area (Å²) in [7, 11) is 0. The van der Waals surface area contributed by atoms with Crippen molar-refractivity contribution in [2.24, 2.45) is 16.6 Å². The van der Waals surface area contributed by atoms with Crippen LogP contribution in [0.15, 0.2) is 41.5 Å². The van der Waals surface area contributed by atoms with Crippen LogP contribution in [0.2, 0.25) is 0 Å². The smallest absolute Gasteiger partial charge is 0.284 e. The number of benzene rings is 1. The molecule has 0 unspecified atom stereocenters. The Hall–Kier alpha value is -3.47. The second kappa shape index (κ2) is 6.06. The molecule has 136 valence electrons. The van der Waals surface area contributed by atoms with Gasteiger partial charge in [0.15, 0.2) is 5.54 Å². The molecule has 6 nitrogen and oxygen atoms in total. The Bertz CT molecular complexity index is 1000. The second-order valence-corrected chi connectivity index (χ2v) is 6.37. The van der Waals surface area contributed by atoms with Gasteiger partial charge in [-0.3, -0.25) is 4.79 Å². The normalized spacial score (nSPS) is 25.4. The van der Waals surface area contributed by atoms with E-state index in [1.165, 1.54) is 24.3 Å². The number of nitrogens with zero attached hydrogens (tertiary/aromatic N) is 2. The summed E-state index contributed by atoms with van der Waals surface area (Å²) in [6.07, 6.45) is 7.06. The van der Waals surface area contributed by atoms with Crippen LogP contribution in [-0.4, -0.2) is 23.0 Å². The van der Waals surface area contributed by atoms with Crippen molar-refractivity contribution < 1.29 is 18.3 Å². The van der Waals surface area contributed by atoms with Gasteiger partial charge >= 0.3 is 0 Å². The van der Waals surface area contributed by atoms with E-state index >= 15 is 0 Å². The lowest BCUT2D eigenvalue weighted by molar-refractivity contribution is 0.102. The average Bonchev–Trinajstić information content (AvgIpc) is 3.43. The number of carbonyl (C=O) groups is 1. The zero-order valence-electron chi connectivity index (χ0n) is 13.9. The van der Waals surface area contributed by atoms with E-state index in [1.807, 2.05) is 0 Å². The zero-order chi connectivity index (χ0) is 19.2. The van der Waals surface area contributed by atoms with Crippen molar-refractivity contribution in [3.05, 3.63) is 59.4 Å². The maximum atomic E-state index is 14.6. The molecule has 2 aromatic rings. The van der Waals surface area contributed by atoms with Crippen molar-refractivity contribution in [1.82, 2.24) is 4.98 Å². The van der Waals surface area contributed by atoms with Crippen molar-refractivity contribution in [3.8, 4) is 12.3 Å². The molecule has 0 radical (unpaired) electrons. The summed E-state index contributed by atoms with van der Waals surface area (Å²) >= 11 is 0. The highest BCUT2D eigenvalue weighted by molar-refractivity contribution is 6.02. The van der Waals surface area contributed by atoms with Gasteiger partial charge in [-0.05, 0) is 36.8 Å². The summed E-state index contributed by atoms with van der Waals surface area (Å²) in [5.41, 5.74) is 4.86. The first kappa shape index (κ1) is 17.0. The van der Waals surface area contributed by atoms with Gasteiger partial charge in [-0.25, -0.2) is 18.8 Å². The molecule has 1 amide bonds. The fraction of sp³-hybridized carbons (Fsp3) is 0.211. The largest absolute Gasteiger partial charge is 0.462 e. The van der Waals surface area contributed by atoms with Gasteiger partial charge in [0.2, 0.25) is 0 Å². The number of rotatable bonds is 3. The van der Waals surface area contributed by atoms with Crippen LogP contribution in [0.1, 0.15) is 22.5 Å². The Morgan fingerprint density at radius 2 is 2.19 bits per heavy atom. The Labute approximate surface area is 153 Å². The van der Waals surface area contributed by atoms with Crippen LogP contribution >= 0.6 is 0 Å². The van der Waals surface area contributed by atoms with Gasteiger partial charge in [0.25, 0.3) is 11.9 Å². The van der Waals surface area contributed by atoms with Crippen molar-refractivity contribution in [2.75, 3.05) is 5.32 Å². The minimum atomic E-state index is -1.29. The molecular weight excluding hydrogens is 354 g/mol. The molecule has 1 aromatic heterocycles. The fourth-order valence-electron chi connectivity index (χ4n) is 3.26. The first-order chi connectivity index (χ1) is 12.9. The molecular formula is C19H14F2N4O2. The summed E-state index contributed by atoms with van der Waals surface area (Å²) in [6.45, 7) is 0. The number of terminal acetylenes is 1. The number of nitrogens with one attached hydrogen (secondary N) is 1. The van der Waals surface area contributed by atoms with E-state index in [9.17, 15) is 13.6 Å². The van der Waals surface area contributed by atoms with E-state index in [4.69, 9.17) is 16.9 Å². The van der Waals surface area contributed by atoms with Crippen LogP contribution in [0.5, 0.6) is 0 Å². The lowest BCUT2D eigenvalue weighted by Crippen LogP contribution is -2.37. The summed E-state index contributed by atoms with van der Waals surface area (Å²) in [5.74, 6) is 0.691. The minimum absolute atomic E-state index is 0.0181. The Kier molecular flexibility index (Phi) is 3.81. The molecule has 3 atom stereocenters. The summed E-state index contributed by atoms with van der Waals surface area (Å²) in [5, 5.41) is 2.60. The number of amides is 1. The second-order valence-electron chi connectivity index (χ2n) is 6.37. The standard InChI is InChI=1S/C19H14F2N4O2/c1-2-19(13-8-16(13)27-18(22)25-19)12-7-11(4-5-14(12)21)24-17(26)15-6-3-10(20)9-23-15/h1,3-7,9,13,16H,8H2,(H2,22,25)(H,24,26)/t13-,16+,19+/m0/s1. The third-order valence-electron chi connectivity index (χ3n) is 4.64. The summed E-state index contributed by atoms with van der Waals surface area (Å²) < 4.78 is 32.9. The molecule has 1 saturated carbocycles. The number of aliphatic imine (C=N–C) groups is 1. The SMILES string of the molecule is C#C[C@]1(c2cc(NC(=O)c3ccc(F)cn3)ccc2F)N=C(N)O[C@@H]2C[C@@H]21. The molecule has 2 heterocycles. The number of aromatic nitrogens is 1. The van der Waals surface area contributed by atoms with E-state index in [0.717, 1.165) is 12.3 Å². The molecule has 0 spiro atoms. The van der Waals surface area contributed by atoms with E-state index in [-0.39, 0.29) is 29.3 Å². The third kappa shape index (κ3) is 2.87. The van der Waals surface area contributed by atoms with E-state index in [2.05, 4.69) is 21.2 Å². The number of halogens is 2. The van der Waals surface area contributed by atoms with E-state index in [0.29, 0.717) is 12.1 Å². The molecule has 8 heteroatoms. The maximum absolute atomic E-state index is 14.6. The number of pyridine rings is 1. The van der Waals surface area contributed by atoms with Crippen molar-refractivity contribution in [3.63, 3.8) is 0 Å². The number of carbonyl (C=O) groups excluding carboxylic acids is 1. The molecule has 1 aromatic carbocycles. The highest BCUT2D eigenvalue weighted by Gasteiger charge is 2.59. The summed E-state index contributed by atoms with van der Waals surface area (Å²) in [4.78, 5) is 20.2. The van der Waals surface area contributed by atoms with Gasteiger partial charge in [0.1, 0.15) is 23.4 Å². The Morgan fingerprint density at radius 1 is 1.37 bits per heavy atom. The van der Waals surface area contributed by atoms with Crippen LogP contribution in [0.25, 0.3) is 0 Å². The molecule has 27 heavy (non-hydrogen) atoms. The van der Waals surface area contributed by atoms with Crippen LogP contribution in [0.3, 0.4) is 0 Å². The number of nitrogens with two attached hydrogens (primary N) is 1. The van der Waals surface area contributed by atoms with Gasteiger partial charge in [0, 0.05) is 17.2 Å². The molecule has 1 fully saturated rings. The highest BCUT2D eigenvalue weighted by atomic mass is 19.1. The number of ether oxygens (including phenoxy) is 1. The quantitative estimate of drug-likeness (QED) is 0.813. The first-order valence-corrected chi connectivity index (χ1v) is 8.15. The fourth-order valence-corrected chi connectivity index (χ4v) is 3.26. The maximum Gasteiger partial charge on any atom is 0.284 e. The molecule has 1 aliphatic carbocycles. The molecule has 0 saturated heterocycles. The molecule has 0 bridgehead atoms. The minimum Gasteiger partial charge on any atom is -0.462 e. The number of hydrogen-bond donors (Lipinski definition) is 2. The predicted molar refractivity (Wildman–Crippen MR) is 93.7 cm³/mol. The Balaban J connectivity index is 1.68. The Morgan fingerprint density at radius 3 is 2.89 bits per heavy atom. The van der Waals surface area contributed by atoms with Crippen molar-refractivity contribution in [1.29, 1.82) is 0 Å². The van der Waals surface area contributed by atoms with Crippen LogP contribution in [0.4, 0.5) is 14.5 Å². The predicted octanol–water partition coefficient (Wildman–Crippen LogP) is 2.17. The van der Waals surface area contributed by atoms with Gasteiger partial charge < -0.3 is 15.8 Å². The van der Waals surface area contributed by atoms with Gasteiger partial charge in [0.05, 0.1) is 6.20 Å². The molecule has 3 N–H and O–H groups in total. The lowest BCUT2D eigenvalue weighted by Gasteiger charge is -2.29. The molecule has 2 aliphatic rings. The van der Waals surface area contributed by atoms with Crippen molar-refractivity contribution >= 4 is 17.6 Å². The number of anilines is 1. The zero-order valence-corrected chi connectivity index (χ0v) is 13.9. The first-order valence-electron chi connectivity index (χ1n) is 8.15. The van der Waals surface area contributed by atoms with E-state index in [1.54, 1.807) is 0 Å². The lowest BCUT2D eigenvalue weighted by atomic mass is 9.85.